The Morgan fingerprint density at radius 1 is 1.19 bits per heavy atom. The molecule has 0 radical (unpaired) electrons. The lowest BCUT2D eigenvalue weighted by Gasteiger charge is -2.17. The van der Waals surface area contributed by atoms with Gasteiger partial charge in [-0.15, -0.1) is 0 Å². The first-order valence-corrected chi connectivity index (χ1v) is 10.0. The molecule has 9 heteroatoms. The molecule has 1 aliphatic rings. The summed E-state index contributed by atoms with van der Waals surface area (Å²) in [6, 6.07) is 7.30. The first-order valence-electron chi connectivity index (χ1n) is 10.0. The van der Waals surface area contributed by atoms with Gasteiger partial charge in [0.15, 0.2) is 0 Å². The largest absolute Gasteiger partial charge is 0.487 e. The van der Waals surface area contributed by atoms with Crippen molar-refractivity contribution in [1.29, 1.82) is 0 Å². The van der Waals surface area contributed by atoms with Crippen LogP contribution >= 0.6 is 0 Å². The normalized spacial score (nSPS) is 14.5. The van der Waals surface area contributed by atoms with Crippen LogP contribution in [0.1, 0.15) is 27.2 Å². The first-order chi connectivity index (χ1) is 14.7. The number of nitrogens with one attached hydrogen (secondary N) is 4. The molecule has 172 valence electrons. The maximum absolute atomic E-state index is 12.4. The van der Waals surface area contributed by atoms with Crippen molar-refractivity contribution in [2.24, 2.45) is 4.99 Å². The number of benzene rings is 1. The number of likely N-dealkylation sites (N-methyl/N-ethyl adjacent to an activating group) is 1. The van der Waals surface area contributed by atoms with Crippen molar-refractivity contribution < 1.29 is 17.9 Å². The molecule has 0 bridgehead atoms. The van der Waals surface area contributed by atoms with Crippen LogP contribution in [0.2, 0.25) is 0 Å². The molecule has 31 heavy (non-hydrogen) atoms. The molecule has 0 aliphatic carbocycles. The molecule has 1 aromatic rings. The van der Waals surface area contributed by atoms with Crippen LogP contribution in [0, 0.1) is 0 Å². The number of allylic oxidation sites excluding steroid dienone is 1. The summed E-state index contributed by atoms with van der Waals surface area (Å²) in [7, 11) is 1.77. The van der Waals surface area contributed by atoms with E-state index in [-0.39, 0.29) is 0 Å². The predicted octanol–water partition coefficient (Wildman–Crippen LogP) is 4.53. The van der Waals surface area contributed by atoms with Crippen LogP contribution in [0.3, 0.4) is 0 Å². The lowest BCUT2D eigenvalue weighted by molar-refractivity contribution is -0.123. The maximum Gasteiger partial charge on any atom is 0.405 e. The van der Waals surface area contributed by atoms with Gasteiger partial charge in [0, 0.05) is 42.3 Å². The molecule has 6 nitrogen and oxygen atoms in total. The average molecular weight is 440 g/mol. The van der Waals surface area contributed by atoms with E-state index in [9.17, 15) is 13.2 Å². The molecule has 0 saturated carbocycles. The van der Waals surface area contributed by atoms with Gasteiger partial charge in [0.05, 0.1) is 0 Å². The van der Waals surface area contributed by atoms with Crippen molar-refractivity contribution in [3.63, 3.8) is 0 Å². The van der Waals surface area contributed by atoms with E-state index >= 15 is 0 Å². The van der Waals surface area contributed by atoms with Gasteiger partial charge < -0.3 is 26.0 Å². The number of hydrogen-bond donors (Lipinski definition) is 4. The van der Waals surface area contributed by atoms with E-state index in [0.717, 1.165) is 11.4 Å². The van der Waals surface area contributed by atoms with Gasteiger partial charge in [0.2, 0.25) is 0 Å². The third-order valence-electron chi connectivity index (χ3n) is 4.09. The summed E-state index contributed by atoms with van der Waals surface area (Å²) in [5, 5.41) is 11.5. The van der Waals surface area contributed by atoms with Crippen LogP contribution in [0.5, 0.6) is 5.75 Å². The van der Waals surface area contributed by atoms with Crippen molar-refractivity contribution in [1.82, 2.24) is 16.0 Å². The highest BCUT2D eigenvalue weighted by Crippen LogP contribution is 2.20. The van der Waals surface area contributed by atoms with Gasteiger partial charge in [-0.1, -0.05) is 33.1 Å². The van der Waals surface area contributed by atoms with Crippen molar-refractivity contribution in [2.75, 3.05) is 32.1 Å². The number of aliphatic imine (C=N–C) groups is 1. The second-order valence-corrected chi connectivity index (χ2v) is 6.45. The second kappa shape index (κ2) is 12.6. The number of anilines is 1. The third-order valence-corrected chi connectivity index (χ3v) is 4.09. The van der Waals surface area contributed by atoms with Crippen LogP contribution in [-0.4, -0.2) is 38.8 Å². The van der Waals surface area contributed by atoms with Crippen molar-refractivity contribution in [3.8, 4) is 5.75 Å². The minimum atomic E-state index is -4.27. The van der Waals surface area contributed by atoms with Gasteiger partial charge in [-0.3, -0.25) is 4.99 Å². The molecule has 0 amide bonds. The standard InChI is InChI=1S/C20H26F3N5O.C2H6/c1-13(24-4)11-29-17-7-5-6-16(10-17)27-15(3)28-19-18(8-9-25-19)14(2)26-12-20(21,22)23;1-2/h5-7,10,24,26-27H,1,3,8-9,11-12H2,2,4H3,(H,25,28);1-2H3/b18-14+;. The quantitative estimate of drug-likeness (QED) is 0.455. The minimum Gasteiger partial charge on any atom is -0.487 e. The van der Waals surface area contributed by atoms with Crippen molar-refractivity contribution in [3.05, 3.63) is 60.2 Å². The number of amidine groups is 1. The van der Waals surface area contributed by atoms with E-state index in [4.69, 9.17) is 4.74 Å². The highest BCUT2D eigenvalue weighted by atomic mass is 19.4. The zero-order valence-corrected chi connectivity index (χ0v) is 18.5. The summed E-state index contributed by atoms with van der Waals surface area (Å²) < 4.78 is 42.9. The summed E-state index contributed by atoms with van der Waals surface area (Å²) in [5.41, 5.74) is 2.65. The van der Waals surface area contributed by atoms with Gasteiger partial charge in [0.25, 0.3) is 0 Å². The summed E-state index contributed by atoms with van der Waals surface area (Å²) in [5.74, 6) is 1.61. The Morgan fingerprint density at radius 2 is 1.90 bits per heavy atom. The Hall–Kier alpha value is -3.10. The number of alkyl halides is 3. The zero-order valence-electron chi connectivity index (χ0n) is 18.5. The molecule has 1 aromatic carbocycles. The minimum absolute atomic E-state index is 0.342. The van der Waals surface area contributed by atoms with Crippen molar-refractivity contribution >= 4 is 11.5 Å². The van der Waals surface area contributed by atoms with E-state index in [1.807, 2.05) is 32.0 Å². The van der Waals surface area contributed by atoms with Crippen LogP contribution in [0.4, 0.5) is 18.9 Å². The fourth-order valence-electron chi connectivity index (χ4n) is 2.57. The Bertz CT molecular complexity index is 816. The lowest BCUT2D eigenvalue weighted by Crippen LogP contribution is -2.31. The molecule has 2 rings (SSSR count). The molecule has 0 fully saturated rings. The molecular formula is C22H32F3N5O. The smallest absolute Gasteiger partial charge is 0.405 e. The number of hydrogen-bond acceptors (Lipinski definition) is 6. The highest BCUT2D eigenvalue weighted by Gasteiger charge is 2.27. The molecule has 0 aromatic heterocycles. The average Bonchev–Trinajstić information content (AvgIpc) is 3.19. The Kier molecular flexibility index (Phi) is 10.5. The summed E-state index contributed by atoms with van der Waals surface area (Å²) in [4.78, 5) is 4.32. The Morgan fingerprint density at radius 3 is 2.55 bits per heavy atom. The Labute approximate surface area is 182 Å². The van der Waals surface area contributed by atoms with E-state index in [1.165, 1.54) is 0 Å². The molecule has 0 atom stereocenters. The highest BCUT2D eigenvalue weighted by molar-refractivity contribution is 6.01. The number of ether oxygens (including phenoxy) is 1. The monoisotopic (exact) mass is 439 g/mol. The maximum atomic E-state index is 12.4. The Balaban J connectivity index is 0.00000233. The lowest BCUT2D eigenvalue weighted by atomic mass is 10.1. The fourth-order valence-corrected chi connectivity index (χ4v) is 2.57. The molecule has 0 saturated heterocycles. The van der Waals surface area contributed by atoms with Gasteiger partial charge in [-0.05, 0) is 25.5 Å². The van der Waals surface area contributed by atoms with E-state index in [1.54, 1.807) is 20.0 Å². The molecule has 1 aliphatic heterocycles. The molecule has 0 unspecified atom stereocenters. The molecule has 4 N–H and O–H groups in total. The molecular weight excluding hydrogens is 407 g/mol. The van der Waals surface area contributed by atoms with Crippen LogP contribution < -0.4 is 26.0 Å². The third kappa shape index (κ3) is 9.50. The second-order valence-electron chi connectivity index (χ2n) is 6.45. The summed E-state index contributed by atoms with van der Waals surface area (Å²) in [6.45, 7) is 13.1. The van der Waals surface area contributed by atoms with Crippen LogP contribution in [-0.2, 0) is 0 Å². The number of nitrogens with zero attached hydrogens (tertiary/aromatic N) is 1. The van der Waals surface area contributed by atoms with E-state index < -0.39 is 12.7 Å². The topological polar surface area (TPSA) is 69.7 Å². The van der Waals surface area contributed by atoms with Gasteiger partial charge in [0.1, 0.15) is 30.6 Å². The van der Waals surface area contributed by atoms with Gasteiger partial charge >= 0.3 is 6.18 Å². The summed E-state index contributed by atoms with van der Waals surface area (Å²) >= 11 is 0. The van der Waals surface area contributed by atoms with E-state index in [0.29, 0.717) is 48.2 Å². The predicted molar refractivity (Wildman–Crippen MR) is 121 cm³/mol. The van der Waals surface area contributed by atoms with Crippen LogP contribution in [0.25, 0.3) is 0 Å². The van der Waals surface area contributed by atoms with Crippen LogP contribution in [0.15, 0.2) is 65.2 Å². The SMILES string of the molecule is C=C(COc1cccc(NC(=C)NC2=NCC/C2=C(/C)NCC(F)(F)F)c1)NC.CC. The summed E-state index contributed by atoms with van der Waals surface area (Å²) in [6.07, 6.45) is -3.71. The zero-order chi connectivity index (χ0) is 23.4. The van der Waals surface area contributed by atoms with Gasteiger partial charge in [-0.2, -0.15) is 13.2 Å². The molecule has 0 spiro atoms. The van der Waals surface area contributed by atoms with E-state index in [2.05, 4.69) is 39.4 Å². The molecule has 1 heterocycles. The number of rotatable bonds is 9. The fraction of sp³-hybridized carbons (Fsp3) is 0.409. The van der Waals surface area contributed by atoms with Crippen molar-refractivity contribution in [2.45, 2.75) is 33.4 Å². The first kappa shape index (κ1) is 25.9. The number of halogens is 3. The van der Waals surface area contributed by atoms with Gasteiger partial charge in [-0.25, -0.2) is 0 Å².